The Kier molecular flexibility index (Phi) is 6.62. The maximum atomic E-state index is 10.3. The van der Waals surface area contributed by atoms with Gasteiger partial charge >= 0.3 is 0 Å². The molecular formula is C26H27N9O. The third kappa shape index (κ3) is 5.05. The van der Waals surface area contributed by atoms with E-state index in [9.17, 15) is 5.11 Å². The van der Waals surface area contributed by atoms with E-state index in [-0.39, 0.29) is 11.8 Å². The van der Waals surface area contributed by atoms with E-state index in [1.165, 1.54) is 0 Å². The van der Waals surface area contributed by atoms with Crippen LogP contribution in [0.1, 0.15) is 19.2 Å². The summed E-state index contributed by atoms with van der Waals surface area (Å²) in [5, 5.41) is 22.8. The molecule has 36 heavy (non-hydrogen) atoms. The molecule has 0 spiro atoms. The van der Waals surface area contributed by atoms with E-state index in [1.54, 1.807) is 29.2 Å². The Balaban J connectivity index is 1.33. The van der Waals surface area contributed by atoms with E-state index < -0.39 is 0 Å². The SMILES string of the molecule is C[C@H]1CCN(c2cc(-c3ccccc3O)nnc2N)CCN1c1ccnc(C#CCn2cccn2)n1. The second-order valence-corrected chi connectivity index (χ2v) is 8.58. The van der Waals surface area contributed by atoms with Crippen LogP contribution in [0.15, 0.2) is 61.1 Å². The first-order chi connectivity index (χ1) is 17.6. The molecule has 3 aromatic heterocycles. The summed E-state index contributed by atoms with van der Waals surface area (Å²) in [7, 11) is 0. The molecule has 1 aliphatic heterocycles. The van der Waals surface area contributed by atoms with Crippen LogP contribution >= 0.6 is 0 Å². The maximum Gasteiger partial charge on any atom is 0.206 e. The fourth-order valence-electron chi connectivity index (χ4n) is 4.27. The summed E-state index contributed by atoms with van der Waals surface area (Å²) in [4.78, 5) is 13.5. The van der Waals surface area contributed by atoms with Crippen molar-refractivity contribution in [1.82, 2.24) is 29.9 Å². The molecule has 0 unspecified atom stereocenters. The van der Waals surface area contributed by atoms with Gasteiger partial charge in [0.1, 0.15) is 18.1 Å². The maximum absolute atomic E-state index is 10.3. The number of aromatic nitrogens is 6. The van der Waals surface area contributed by atoms with E-state index in [2.05, 4.69) is 48.8 Å². The average Bonchev–Trinajstić information content (AvgIpc) is 3.33. The summed E-state index contributed by atoms with van der Waals surface area (Å²) < 4.78 is 1.76. The molecule has 10 heteroatoms. The van der Waals surface area contributed by atoms with Crippen molar-refractivity contribution in [2.24, 2.45) is 0 Å². The Morgan fingerprint density at radius 2 is 1.97 bits per heavy atom. The number of hydrogen-bond donors (Lipinski definition) is 2. The summed E-state index contributed by atoms with van der Waals surface area (Å²) >= 11 is 0. The van der Waals surface area contributed by atoms with Crippen molar-refractivity contribution in [3.63, 3.8) is 0 Å². The molecule has 1 aromatic carbocycles. The third-order valence-electron chi connectivity index (χ3n) is 6.22. The summed E-state index contributed by atoms with van der Waals surface area (Å²) in [5.74, 6) is 7.97. The van der Waals surface area contributed by atoms with Gasteiger partial charge in [0.05, 0.1) is 11.4 Å². The van der Waals surface area contributed by atoms with Gasteiger partial charge in [0, 0.05) is 49.8 Å². The highest BCUT2D eigenvalue weighted by Gasteiger charge is 2.24. The van der Waals surface area contributed by atoms with Crippen LogP contribution < -0.4 is 15.5 Å². The summed E-state index contributed by atoms with van der Waals surface area (Å²) in [5.41, 5.74) is 8.25. The van der Waals surface area contributed by atoms with Crippen molar-refractivity contribution in [3.05, 3.63) is 66.9 Å². The third-order valence-corrected chi connectivity index (χ3v) is 6.22. The number of para-hydroxylation sites is 1. The van der Waals surface area contributed by atoms with E-state index in [1.807, 2.05) is 36.5 Å². The molecule has 1 aliphatic rings. The van der Waals surface area contributed by atoms with E-state index in [0.29, 0.717) is 29.4 Å². The number of aromatic hydroxyl groups is 1. The smallest absolute Gasteiger partial charge is 0.206 e. The highest BCUT2D eigenvalue weighted by atomic mass is 16.3. The van der Waals surface area contributed by atoms with Gasteiger partial charge in [-0.05, 0) is 49.6 Å². The second kappa shape index (κ2) is 10.3. The standard InChI is InChI=1S/C26H27N9O/c1-19-10-15-33(22-18-21(31-32-26(22)27)20-6-2-3-7-23(20)36)16-17-35(19)25-9-12-28-24(30-25)8-4-13-34-14-5-11-29-34/h2-3,5-7,9,11-12,14,18-19,36H,10,13,15-17H2,1H3,(H2,27,32)/t19-/m0/s1. The van der Waals surface area contributed by atoms with Crippen molar-refractivity contribution in [1.29, 1.82) is 0 Å². The van der Waals surface area contributed by atoms with Crippen LogP contribution in [0.25, 0.3) is 11.3 Å². The van der Waals surface area contributed by atoms with Crippen LogP contribution in [0, 0.1) is 11.8 Å². The van der Waals surface area contributed by atoms with Crippen molar-refractivity contribution in [2.45, 2.75) is 25.9 Å². The van der Waals surface area contributed by atoms with E-state index in [0.717, 1.165) is 37.6 Å². The zero-order valence-corrected chi connectivity index (χ0v) is 20.0. The first-order valence-electron chi connectivity index (χ1n) is 11.8. The fourth-order valence-corrected chi connectivity index (χ4v) is 4.27. The minimum Gasteiger partial charge on any atom is -0.507 e. The Morgan fingerprint density at radius 1 is 1.08 bits per heavy atom. The Hall–Kier alpha value is -4.65. The number of nitrogen functional groups attached to an aromatic ring is 1. The monoisotopic (exact) mass is 481 g/mol. The molecule has 0 saturated carbocycles. The van der Waals surface area contributed by atoms with Gasteiger partial charge in [0.15, 0.2) is 5.82 Å². The van der Waals surface area contributed by atoms with Crippen LogP contribution in [0.5, 0.6) is 5.75 Å². The van der Waals surface area contributed by atoms with E-state index in [4.69, 9.17) is 10.7 Å². The van der Waals surface area contributed by atoms with Crippen LogP contribution in [0.2, 0.25) is 0 Å². The number of phenols is 1. The zero-order valence-electron chi connectivity index (χ0n) is 20.0. The average molecular weight is 482 g/mol. The lowest BCUT2D eigenvalue weighted by Crippen LogP contribution is -2.35. The lowest BCUT2D eigenvalue weighted by molar-refractivity contribution is 0.477. The fraction of sp³-hybridized carbons (Fsp3) is 0.269. The molecule has 4 aromatic rings. The van der Waals surface area contributed by atoms with Crippen molar-refractivity contribution >= 4 is 17.3 Å². The Bertz CT molecular complexity index is 1390. The molecule has 1 atom stereocenters. The summed E-state index contributed by atoms with van der Waals surface area (Å²) in [6, 6.07) is 13.0. The molecule has 5 rings (SSSR count). The minimum absolute atomic E-state index is 0.158. The molecule has 4 heterocycles. The number of anilines is 3. The molecule has 182 valence electrons. The van der Waals surface area contributed by atoms with Gasteiger partial charge < -0.3 is 20.6 Å². The van der Waals surface area contributed by atoms with Crippen molar-refractivity contribution < 1.29 is 5.11 Å². The van der Waals surface area contributed by atoms with Gasteiger partial charge in [-0.3, -0.25) is 4.68 Å². The molecular weight excluding hydrogens is 454 g/mol. The number of benzene rings is 1. The number of phenolic OH excluding ortho intramolecular Hbond substituents is 1. The van der Waals surface area contributed by atoms with Gasteiger partial charge in [-0.2, -0.15) is 5.10 Å². The largest absolute Gasteiger partial charge is 0.507 e. The lowest BCUT2D eigenvalue weighted by Gasteiger charge is -2.28. The van der Waals surface area contributed by atoms with Crippen LogP contribution in [0.3, 0.4) is 0 Å². The molecule has 0 bridgehead atoms. The second-order valence-electron chi connectivity index (χ2n) is 8.58. The molecule has 0 radical (unpaired) electrons. The molecule has 0 aliphatic carbocycles. The highest BCUT2D eigenvalue weighted by Crippen LogP contribution is 2.32. The lowest BCUT2D eigenvalue weighted by atomic mass is 10.1. The van der Waals surface area contributed by atoms with Gasteiger partial charge in [0.2, 0.25) is 5.82 Å². The summed E-state index contributed by atoms with van der Waals surface area (Å²) in [6.45, 7) is 4.95. The number of nitrogens with zero attached hydrogens (tertiary/aromatic N) is 8. The first-order valence-corrected chi connectivity index (χ1v) is 11.8. The number of hydrogen-bond acceptors (Lipinski definition) is 9. The van der Waals surface area contributed by atoms with Gasteiger partial charge in [-0.1, -0.05) is 18.1 Å². The van der Waals surface area contributed by atoms with E-state index >= 15 is 0 Å². The molecule has 1 fully saturated rings. The van der Waals surface area contributed by atoms with Gasteiger partial charge in [0.25, 0.3) is 0 Å². The van der Waals surface area contributed by atoms with Crippen LogP contribution in [-0.4, -0.2) is 60.7 Å². The zero-order chi connectivity index (χ0) is 24.9. The molecule has 3 N–H and O–H groups in total. The Labute approximate surface area is 209 Å². The molecule has 10 nitrogen and oxygen atoms in total. The molecule has 1 saturated heterocycles. The minimum atomic E-state index is 0.158. The topological polar surface area (TPSA) is 122 Å². The predicted octanol–water partition coefficient (Wildman–Crippen LogP) is 2.57. The van der Waals surface area contributed by atoms with Gasteiger partial charge in [-0.15, -0.1) is 10.2 Å². The van der Waals surface area contributed by atoms with Crippen LogP contribution in [0.4, 0.5) is 17.3 Å². The predicted molar refractivity (Wildman–Crippen MR) is 138 cm³/mol. The van der Waals surface area contributed by atoms with Crippen molar-refractivity contribution in [3.8, 4) is 28.8 Å². The highest BCUT2D eigenvalue weighted by molar-refractivity contribution is 5.74. The first kappa shape index (κ1) is 23.1. The van der Waals surface area contributed by atoms with Gasteiger partial charge in [-0.25, -0.2) is 9.97 Å². The number of nitrogens with two attached hydrogens (primary N) is 1. The summed E-state index contributed by atoms with van der Waals surface area (Å²) in [6.07, 6.45) is 6.25. The Morgan fingerprint density at radius 3 is 2.81 bits per heavy atom. The van der Waals surface area contributed by atoms with Crippen molar-refractivity contribution in [2.75, 3.05) is 35.2 Å². The normalized spacial score (nSPS) is 15.8. The quantitative estimate of drug-likeness (QED) is 0.424. The molecule has 0 amide bonds. The number of rotatable bonds is 4. The van der Waals surface area contributed by atoms with Crippen LogP contribution in [-0.2, 0) is 6.54 Å².